The van der Waals surface area contributed by atoms with E-state index in [1.165, 1.54) is 40.0 Å². The molecule has 0 saturated heterocycles. The zero-order chi connectivity index (χ0) is 16.0. The monoisotopic (exact) mass is 450 g/mol. The van der Waals surface area contributed by atoms with Crippen LogP contribution in [0.25, 0.3) is 11.8 Å². The Hall–Kier alpha value is -1.03. The molecule has 0 N–H and O–H groups in total. The molecule has 1 atom stereocenters. The molecule has 1 aromatic carbocycles. The van der Waals surface area contributed by atoms with E-state index in [1.807, 2.05) is 4.68 Å². The third-order valence-corrected chi connectivity index (χ3v) is 9.35. The number of hydrogen-bond donors (Lipinski definition) is 0. The topological polar surface area (TPSA) is 43.6 Å². The fourth-order valence-electron chi connectivity index (χ4n) is 3.35. The minimum absolute atomic E-state index is 0. The van der Waals surface area contributed by atoms with Crippen LogP contribution in [0.15, 0.2) is 50.6 Å². The first-order chi connectivity index (χ1) is 11.1. The minimum Gasteiger partial charge on any atom is -1.00 e. The average molecular weight is 453 g/mol. The normalized spacial score (nSPS) is 18.4. The van der Waals surface area contributed by atoms with Crippen molar-refractivity contribution in [1.82, 2.24) is 20.2 Å². The minimum atomic E-state index is -0.809. The summed E-state index contributed by atoms with van der Waals surface area (Å²) in [4.78, 5) is 0. The molecule has 4 rings (SSSR count). The maximum Gasteiger partial charge on any atom is -1.00 e. The number of halogens is 2. The molecule has 2 aliphatic rings. The Morgan fingerprint density at radius 2 is 1.84 bits per heavy atom. The number of hydrogen-bond acceptors (Lipinski definition) is 3. The Morgan fingerprint density at radius 3 is 2.48 bits per heavy atom. The zero-order valence-corrected chi connectivity index (χ0v) is 18.3. The molecule has 0 saturated carbocycles. The summed E-state index contributed by atoms with van der Waals surface area (Å²) in [7, 11) is 0. The molecule has 1 aromatic heterocycles. The van der Waals surface area contributed by atoms with Crippen molar-refractivity contribution in [3.8, 4) is 0 Å². The summed E-state index contributed by atoms with van der Waals surface area (Å²) in [6.07, 6.45) is 5.15. The van der Waals surface area contributed by atoms with Crippen molar-refractivity contribution in [2.75, 3.05) is 0 Å². The van der Waals surface area contributed by atoms with E-state index in [2.05, 4.69) is 66.6 Å². The SMILES string of the molecule is CC1=C(C)C(C)=[C]([Zr+2][CH]2C(n3cnnn3)=Cc3ccccc32)C1.[Cl-].[Cl-]. The van der Waals surface area contributed by atoms with E-state index in [1.54, 1.807) is 9.61 Å². The Labute approximate surface area is 171 Å². The first-order valence-corrected chi connectivity index (χ1v) is 10.5. The van der Waals surface area contributed by atoms with Gasteiger partial charge in [0.25, 0.3) is 0 Å². The van der Waals surface area contributed by atoms with Crippen LogP contribution in [0.1, 0.15) is 41.9 Å². The molecule has 128 valence electrons. The van der Waals surface area contributed by atoms with Crippen LogP contribution in [0, 0.1) is 0 Å². The molecule has 4 nitrogen and oxygen atoms in total. The average Bonchev–Trinajstić information content (AvgIpc) is 3.25. The molecule has 7 heteroatoms. The Morgan fingerprint density at radius 1 is 1.08 bits per heavy atom. The van der Waals surface area contributed by atoms with Crippen molar-refractivity contribution >= 4 is 11.8 Å². The summed E-state index contributed by atoms with van der Waals surface area (Å²) in [5, 5.41) is 11.8. The summed E-state index contributed by atoms with van der Waals surface area (Å²) in [6, 6.07) is 8.72. The van der Waals surface area contributed by atoms with Crippen LogP contribution in [-0.2, 0) is 23.2 Å². The molecule has 1 unspecified atom stereocenters. The Kier molecular flexibility index (Phi) is 6.58. The number of aromatic nitrogens is 4. The van der Waals surface area contributed by atoms with E-state index in [9.17, 15) is 0 Å². The fraction of sp³-hybridized carbons (Fsp3) is 0.278. The van der Waals surface area contributed by atoms with Gasteiger partial charge in [0, 0.05) is 0 Å². The summed E-state index contributed by atoms with van der Waals surface area (Å²) >= 11 is -0.809. The number of rotatable bonds is 3. The molecule has 0 fully saturated rings. The third-order valence-electron chi connectivity index (χ3n) is 4.94. The molecule has 0 amide bonds. The fourth-order valence-corrected chi connectivity index (χ4v) is 8.02. The largest absolute Gasteiger partial charge is 1.00 e. The quantitative estimate of drug-likeness (QED) is 0.533. The predicted octanol–water partition coefficient (Wildman–Crippen LogP) is -2.17. The van der Waals surface area contributed by atoms with Crippen molar-refractivity contribution in [2.24, 2.45) is 0 Å². The van der Waals surface area contributed by atoms with Crippen molar-refractivity contribution in [1.29, 1.82) is 0 Å². The Bertz CT molecular complexity index is 869. The summed E-state index contributed by atoms with van der Waals surface area (Å²) in [5.41, 5.74) is 8.59. The van der Waals surface area contributed by atoms with Gasteiger partial charge in [0.1, 0.15) is 0 Å². The van der Waals surface area contributed by atoms with Gasteiger partial charge in [0.05, 0.1) is 0 Å². The second-order valence-electron chi connectivity index (χ2n) is 6.22. The van der Waals surface area contributed by atoms with Gasteiger partial charge in [0.2, 0.25) is 0 Å². The van der Waals surface area contributed by atoms with Gasteiger partial charge in [-0.05, 0) is 0 Å². The predicted molar refractivity (Wildman–Crippen MR) is 86.9 cm³/mol. The van der Waals surface area contributed by atoms with Crippen LogP contribution in [0.2, 0.25) is 0 Å². The number of allylic oxidation sites excluding steroid dienone is 5. The van der Waals surface area contributed by atoms with E-state index >= 15 is 0 Å². The molecule has 0 aliphatic heterocycles. The second-order valence-corrected chi connectivity index (χ2v) is 9.83. The summed E-state index contributed by atoms with van der Waals surface area (Å²) in [6.45, 7) is 6.83. The second kappa shape index (κ2) is 8.11. The van der Waals surface area contributed by atoms with Crippen molar-refractivity contribution in [2.45, 2.75) is 30.8 Å². The van der Waals surface area contributed by atoms with Crippen LogP contribution in [-0.4, -0.2) is 20.2 Å². The molecule has 2 aromatic rings. The van der Waals surface area contributed by atoms with Crippen molar-refractivity contribution < 1.29 is 48.0 Å². The van der Waals surface area contributed by atoms with Crippen LogP contribution in [0.4, 0.5) is 0 Å². The molecule has 1 heterocycles. The van der Waals surface area contributed by atoms with Crippen LogP contribution in [0.5, 0.6) is 0 Å². The maximum absolute atomic E-state index is 4.14. The summed E-state index contributed by atoms with van der Waals surface area (Å²) < 4.78 is 4.05. The van der Waals surface area contributed by atoms with Crippen LogP contribution in [0.3, 0.4) is 0 Å². The van der Waals surface area contributed by atoms with Crippen molar-refractivity contribution in [3.63, 3.8) is 0 Å². The number of fused-ring (bicyclic) bond motifs is 1. The van der Waals surface area contributed by atoms with Gasteiger partial charge < -0.3 is 24.8 Å². The molecule has 0 bridgehead atoms. The van der Waals surface area contributed by atoms with E-state index in [0.717, 1.165) is 0 Å². The van der Waals surface area contributed by atoms with Crippen LogP contribution < -0.4 is 24.8 Å². The van der Waals surface area contributed by atoms with Crippen LogP contribution >= 0.6 is 0 Å². The van der Waals surface area contributed by atoms with Gasteiger partial charge in [-0.3, -0.25) is 0 Å². The maximum atomic E-state index is 4.14. The number of nitrogens with zero attached hydrogens (tertiary/aromatic N) is 4. The first kappa shape index (κ1) is 20.3. The van der Waals surface area contributed by atoms with Gasteiger partial charge >= 0.3 is 148 Å². The molecule has 25 heavy (non-hydrogen) atoms. The summed E-state index contributed by atoms with van der Waals surface area (Å²) in [5.74, 6) is 0. The van der Waals surface area contributed by atoms with Gasteiger partial charge in [-0.1, -0.05) is 0 Å². The number of tetrazole rings is 1. The number of benzene rings is 1. The smallest absolute Gasteiger partial charge is 1.00 e. The van der Waals surface area contributed by atoms with E-state index in [4.69, 9.17) is 0 Å². The van der Waals surface area contributed by atoms with Gasteiger partial charge in [-0.25, -0.2) is 0 Å². The van der Waals surface area contributed by atoms with Gasteiger partial charge in [0.15, 0.2) is 0 Å². The molecular weight excluding hydrogens is 434 g/mol. The Balaban J connectivity index is 0.00000113. The van der Waals surface area contributed by atoms with Crippen molar-refractivity contribution in [3.05, 3.63) is 61.7 Å². The first-order valence-electron chi connectivity index (χ1n) is 7.82. The third kappa shape index (κ3) is 3.60. The molecular formula is C18H18Cl2N4Zr. The standard InChI is InChI=1S/C10H7N4.C8H11.2ClH.Zr/c1-2-4-9-6-10(5-8(9)3-1)14-7-11-12-13-14;1-6-4-5-7(2)8(6)3;;;/h1-7H;4H2,1-3H3;2*1H;/q;;;;+2/p-2. The van der Waals surface area contributed by atoms with Gasteiger partial charge in [-0.2, -0.15) is 0 Å². The molecule has 0 radical (unpaired) electrons. The van der Waals surface area contributed by atoms with Gasteiger partial charge in [-0.15, -0.1) is 0 Å². The zero-order valence-electron chi connectivity index (χ0n) is 14.3. The van der Waals surface area contributed by atoms with E-state index < -0.39 is 23.2 Å². The molecule has 2 aliphatic carbocycles. The molecule has 0 spiro atoms. The van der Waals surface area contributed by atoms with E-state index in [0.29, 0.717) is 3.63 Å². The van der Waals surface area contributed by atoms with E-state index in [-0.39, 0.29) is 24.8 Å².